The number of oxazole rings is 1. The summed E-state index contributed by atoms with van der Waals surface area (Å²) in [6.07, 6.45) is 1.08. The van der Waals surface area contributed by atoms with Gasteiger partial charge in [0.15, 0.2) is 0 Å². The van der Waals surface area contributed by atoms with Crippen molar-refractivity contribution in [2.45, 2.75) is 19.6 Å². The summed E-state index contributed by atoms with van der Waals surface area (Å²) in [5, 5.41) is 12.9. The van der Waals surface area contributed by atoms with Gasteiger partial charge in [-0.2, -0.15) is 0 Å². The molecule has 0 saturated heterocycles. The highest BCUT2D eigenvalue weighted by atomic mass is 79.9. The molecule has 0 aliphatic heterocycles. The lowest BCUT2D eigenvalue weighted by atomic mass is 10.3. The van der Waals surface area contributed by atoms with E-state index in [4.69, 9.17) is 9.15 Å². The number of hydrogen-bond donors (Lipinski definition) is 2. The lowest BCUT2D eigenvalue weighted by molar-refractivity contribution is 0.105. The number of ether oxygens (including phenoxy) is 1. The third kappa shape index (κ3) is 4.96. The second-order valence-corrected chi connectivity index (χ2v) is 5.33. The Morgan fingerprint density at radius 2 is 2.15 bits per heavy atom. The lowest BCUT2D eigenvalue weighted by Crippen LogP contribution is -2.31. The van der Waals surface area contributed by atoms with E-state index in [0.717, 1.165) is 16.0 Å². The second kappa shape index (κ2) is 7.42. The number of aromatic nitrogens is 1. The van der Waals surface area contributed by atoms with Gasteiger partial charge < -0.3 is 19.6 Å². The first kappa shape index (κ1) is 15.0. The molecule has 1 atom stereocenters. The van der Waals surface area contributed by atoms with Gasteiger partial charge in [-0.1, -0.05) is 15.9 Å². The molecule has 0 radical (unpaired) electrons. The summed E-state index contributed by atoms with van der Waals surface area (Å²) in [5.74, 6) is 2.13. The number of hydrogen-bond acceptors (Lipinski definition) is 5. The molecular weight excluding hydrogens is 324 g/mol. The summed E-state index contributed by atoms with van der Waals surface area (Å²) in [5.41, 5.74) is 0. The Kier molecular flexibility index (Phi) is 5.58. The fourth-order valence-corrected chi connectivity index (χ4v) is 1.88. The predicted octanol–water partition coefficient (Wildman–Crippen LogP) is 2.28. The third-order valence-electron chi connectivity index (χ3n) is 2.58. The van der Waals surface area contributed by atoms with Gasteiger partial charge in [-0.15, -0.1) is 0 Å². The van der Waals surface area contributed by atoms with E-state index in [9.17, 15) is 5.11 Å². The average molecular weight is 341 g/mol. The molecule has 1 aromatic heterocycles. The van der Waals surface area contributed by atoms with Gasteiger partial charge in [0.2, 0.25) is 5.89 Å². The monoisotopic (exact) mass is 340 g/mol. The summed E-state index contributed by atoms with van der Waals surface area (Å²) in [7, 11) is 0. The van der Waals surface area contributed by atoms with Crippen LogP contribution in [0.5, 0.6) is 5.75 Å². The van der Waals surface area contributed by atoms with Crippen LogP contribution in [-0.4, -0.2) is 29.3 Å². The topological polar surface area (TPSA) is 67.5 Å². The number of rotatable bonds is 7. The van der Waals surface area contributed by atoms with Crippen LogP contribution < -0.4 is 10.1 Å². The number of nitrogens with zero attached hydrogens (tertiary/aromatic N) is 1. The fraction of sp³-hybridized carbons (Fsp3) is 0.357. The van der Waals surface area contributed by atoms with Crippen LogP contribution in [0.25, 0.3) is 0 Å². The van der Waals surface area contributed by atoms with Gasteiger partial charge in [0.25, 0.3) is 0 Å². The van der Waals surface area contributed by atoms with E-state index in [2.05, 4.69) is 26.2 Å². The van der Waals surface area contributed by atoms with Crippen LogP contribution in [0.2, 0.25) is 0 Å². The molecule has 5 nitrogen and oxygen atoms in total. The van der Waals surface area contributed by atoms with Gasteiger partial charge in [0.05, 0.1) is 12.7 Å². The minimum atomic E-state index is -0.588. The van der Waals surface area contributed by atoms with Gasteiger partial charge >= 0.3 is 0 Å². The van der Waals surface area contributed by atoms with Crippen LogP contribution in [0.4, 0.5) is 0 Å². The maximum atomic E-state index is 9.80. The Morgan fingerprint density at radius 3 is 2.80 bits per heavy atom. The maximum absolute atomic E-state index is 9.80. The first-order valence-corrected chi connectivity index (χ1v) is 7.11. The molecule has 2 rings (SSSR count). The molecule has 0 saturated carbocycles. The van der Waals surface area contributed by atoms with Crippen LogP contribution in [0.1, 0.15) is 11.7 Å². The number of aryl methyl sites for hydroxylation is 1. The van der Waals surface area contributed by atoms with Gasteiger partial charge in [-0.25, -0.2) is 4.98 Å². The zero-order valence-electron chi connectivity index (χ0n) is 11.2. The van der Waals surface area contributed by atoms with Gasteiger partial charge in [-0.3, -0.25) is 0 Å². The van der Waals surface area contributed by atoms with Crippen LogP contribution in [-0.2, 0) is 6.54 Å². The van der Waals surface area contributed by atoms with Crippen LogP contribution in [0.15, 0.2) is 39.4 Å². The minimum Gasteiger partial charge on any atom is -0.491 e. The molecule has 6 heteroatoms. The zero-order chi connectivity index (χ0) is 14.4. The molecule has 2 aromatic rings. The van der Waals surface area contributed by atoms with Crippen molar-refractivity contribution in [3.8, 4) is 5.75 Å². The van der Waals surface area contributed by atoms with E-state index in [1.807, 2.05) is 31.2 Å². The van der Waals surface area contributed by atoms with E-state index in [1.165, 1.54) is 0 Å². The SMILES string of the molecule is Cc1cnc(CNCC(O)COc2ccc(Br)cc2)o1. The van der Waals surface area contributed by atoms with Crippen molar-refractivity contribution in [2.75, 3.05) is 13.2 Å². The second-order valence-electron chi connectivity index (χ2n) is 4.41. The molecule has 2 N–H and O–H groups in total. The Balaban J connectivity index is 1.65. The van der Waals surface area contributed by atoms with Crippen molar-refractivity contribution in [3.63, 3.8) is 0 Å². The first-order valence-electron chi connectivity index (χ1n) is 6.32. The highest BCUT2D eigenvalue weighted by Gasteiger charge is 2.06. The van der Waals surface area contributed by atoms with Gasteiger partial charge in [0.1, 0.15) is 24.2 Å². The van der Waals surface area contributed by atoms with Crippen molar-refractivity contribution in [3.05, 3.63) is 46.6 Å². The molecule has 0 bridgehead atoms. The van der Waals surface area contributed by atoms with Crippen molar-refractivity contribution < 1.29 is 14.3 Å². The molecule has 0 aliphatic carbocycles. The molecule has 0 aliphatic rings. The standard InChI is InChI=1S/C14H17BrN2O3/c1-10-6-17-14(20-10)8-16-7-12(18)9-19-13-4-2-11(15)3-5-13/h2-6,12,16,18H,7-9H2,1H3. The Bertz CT molecular complexity index is 527. The average Bonchev–Trinajstić information content (AvgIpc) is 2.84. The highest BCUT2D eigenvalue weighted by molar-refractivity contribution is 9.10. The number of aliphatic hydroxyl groups excluding tert-OH is 1. The summed E-state index contributed by atoms with van der Waals surface area (Å²) in [6.45, 7) is 2.98. The number of nitrogens with one attached hydrogen (secondary N) is 1. The van der Waals surface area contributed by atoms with Gasteiger partial charge in [-0.05, 0) is 31.2 Å². The predicted molar refractivity (Wildman–Crippen MR) is 78.6 cm³/mol. The smallest absolute Gasteiger partial charge is 0.208 e. The van der Waals surface area contributed by atoms with Crippen LogP contribution in [0, 0.1) is 6.92 Å². The summed E-state index contributed by atoms with van der Waals surface area (Å²) < 4.78 is 11.8. The molecule has 0 spiro atoms. The summed E-state index contributed by atoms with van der Waals surface area (Å²) in [6, 6.07) is 7.48. The van der Waals surface area contributed by atoms with Crippen molar-refractivity contribution >= 4 is 15.9 Å². The van der Waals surface area contributed by atoms with Crippen LogP contribution >= 0.6 is 15.9 Å². The zero-order valence-corrected chi connectivity index (χ0v) is 12.8. The van der Waals surface area contributed by atoms with Gasteiger partial charge in [0, 0.05) is 11.0 Å². The number of aliphatic hydroxyl groups is 1. The summed E-state index contributed by atoms with van der Waals surface area (Å²) >= 11 is 3.35. The van der Waals surface area contributed by atoms with E-state index < -0.39 is 6.10 Å². The fourth-order valence-electron chi connectivity index (χ4n) is 1.61. The molecule has 1 aromatic carbocycles. The Labute approximate surface area is 126 Å². The normalized spacial score (nSPS) is 12.3. The maximum Gasteiger partial charge on any atom is 0.208 e. The van der Waals surface area contributed by atoms with E-state index in [1.54, 1.807) is 6.20 Å². The van der Waals surface area contributed by atoms with Crippen molar-refractivity contribution in [1.82, 2.24) is 10.3 Å². The minimum absolute atomic E-state index is 0.235. The largest absolute Gasteiger partial charge is 0.491 e. The molecule has 20 heavy (non-hydrogen) atoms. The molecule has 0 fully saturated rings. The van der Waals surface area contributed by atoms with Crippen LogP contribution in [0.3, 0.4) is 0 Å². The van der Waals surface area contributed by atoms with E-state index in [-0.39, 0.29) is 6.61 Å². The summed E-state index contributed by atoms with van der Waals surface area (Å²) in [4.78, 5) is 4.07. The van der Waals surface area contributed by atoms with E-state index in [0.29, 0.717) is 19.0 Å². The van der Waals surface area contributed by atoms with E-state index >= 15 is 0 Å². The molecule has 1 heterocycles. The molecule has 108 valence electrons. The lowest BCUT2D eigenvalue weighted by Gasteiger charge is -2.12. The molecule has 1 unspecified atom stereocenters. The molecule has 0 amide bonds. The third-order valence-corrected chi connectivity index (χ3v) is 3.11. The number of halogens is 1. The Morgan fingerprint density at radius 1 is 1.40 bits per heavy atom. The molecular formula is C14H17BrN2O3. The highest BCUT2D eigenvalue weighted by Crippen LogP contribution is 2.16. The van der Waals surface area contributed by atoms with Crippen molar-refractivity contribution in [1.29, 1.82) is 0 Å². The first-order chi connectivity index (χ1) is 9.63. The number of benzene rings is 1. The quantitative estimate of drug-likeness (QED) is 0.809. The Hall–Kier alpha value is -1.37. The van der Waals surface area contributed by atoms with Crippen molar-refractivity contribution in [2.24, 2.45) is 0 Å².